The number of benzene rings is 1. The van der Waals surface area contributed by atoms with Crippen LogP contribution in [0.2, 0.25) is 0 Å². The lowest BCUT2D eigenvalue weighted by Crippen LogP contribution is -2.43. The van der Waals surface area contributed by atoms with E-state index in [0.29, 0.717) is 0 Å². The number of ether oxygens (including phenoxy) is 1. The van der Waals surface area contributed by atoms with Crippen molar-refractivity contribution in [1.29, 1.82) is 0 Å². The minimum atomic E-state index is -4.04. The lowest BCUT2D eigenvalue weighted by Gasteiger charge is -2.25. The summed E-state index contributed by atoms with van der Waals surface area (Å²) in [5.41, 5.74) is -1.31. The molecule has 0 saturated carbocycles. The standard InChI is InChI=1S/C13H18N2O7S/c1-13(2,7-6-12(16)17)14-23(20,21)11-5-4-9(15(18)19)8-10(11)22-3/h4-5,8,14H,6-7H2,1-3H3,(H,16,17). The van der Waals surface area contributed by atoms with Gasteiger partial charge in [0.1, 0.15) is 10.6 Å². The van der Waals surface area contributed by atoms with Crippen LogP contribution >= 0.6 is 0 Å². The number of carboxylic acids is 1. The molecule has 0 saturated heterocycles. The molecule has 2 N–H and O–H groups in total. The van der Waals surface area contributed by atoms with Crippen LogP contribution in [0.25, 0.3) is 0 Å². The van der Waals surface area contributed by atoms with Gasteiger partial charge < -0.3 is 9.84 Å². The first kappa shape index (κ1) is 18.8. The van der Waals surface area contributed by atoms with Crippen LogP contribution < -0.4 is 9.46 Å². The van der Waals surface area contributed by atoms with Gasteiger partial charge in [-0.05, 0) is 26.3 Å². The third-order valence-corrected chi connectivity index (χ3v) is 4.76. The van der Waals surface area contributed by atoms with Gasteiger partial charge in [-0.2, -0.15) is 0 Å². The topological polar surface area (TPSA) is 136 Å². The summed E-state index contributed by atoms with van der Waals surface area (Å²) in [7, 11) is -2.84. The van der Waals surface area contributed by atoms with E-state index in [9.17, 15) is 23.3 Å². The number of non-ortho nitro benzene ring substituents is 1. The van der Waals surface area contributed by atoms with Gasteiger partial charge in [0.2, 0.25) is 10.0 Å². The molecule has 0 unspecified atom stereocenters. The molecule has 0 radical (unpaired) electrons. The van der Waals surface area contributed by atoms with Gasteiger partial charge in [0.05, 0.1) is 18.1 Å². The van der Waals surface area contributed by atoms with Gasteiger partial charge in [0, 0.05) is 18.0 Å². The molecule has 0 aliphatic carbocycles. The van der Waals surface area contributed by atoms with Crippen LogP contribution in [0, 0.1) is 10.1 Å². The van der Waals surface area contributed by atoms with Crippen LogP contribution in [0.3, 0.4) is 0 Å². The molecule has 9 nitrogen and oxygen atoms in total. The van der Waals surface area contributed by atoms with Crippen LogP contribution in [0.1, 0.15) is 26.7 Å². The SMILES string of the molecule is COc1cc([N+](=O)[O-])ccc1S(=O)(=O)NC(C)(C)CCC(=O)O. The lowest BCUT2D eigenvalue weighted by atomic mass is 10.0. The van der Waals surface area contributed by atoms with E-state index in [4.69, 9.17) is 9.84 Å². The summed E-state index contributed by atoms with van der Waals surface area (Å²) in [5.74, 6) is -1.20. The van der Waals surface area contributed by atoms with E-state index in [1.165, 1.54) is 7.11 Å². The average Bonchev–Trinajstić information content (AvgIpc) is 2.43. The Morgan fingerprint density at radius 1 is 1.43 bits per heavy atom. The van der Waals surface area contributed by atoms with Crippen molar-refractivity contribution in [3.8, 4) is 5.75 Å². The molecule has 0 amide bonds. The van der Waals surface area contributed by atoms with Gasteiger partial charge in [-0.3, -0.25) is 14.9 Å². The predicted octanol–water partition coefficient (Wildman–Crippen LogP) is 1.53. The molecular weight excluding hydrogens is 328 g/mol. The summed E-state index contributed by atoms with van der Waals surface area (Å²) in [6.45, 7) is 3.09. The van der Waals surface area contributed by atoms with E-state index >= 15 is 0 Å². The highest BCUT2D eigenvalue weighted by Gasteiger charge is 2.29. The van der Waals surface area contributed by atoms with Crippen LogP contribution in [-0.4, -0.2) is 37.1 Å². The molecule has 0 aromatic heterocycles. The smallest absolute Gasteiger partial charge is 0.303 e. The first-order valence-electron chi connectivity index (χ1n) is 6.57. The van der Waals surface area contributed by atoms with Gasteiger partial charge in [-0.1, -0.05) is 0 Å². The highest BCUT2D eigenvalue weighted by atomic mass is 32.2. The number of nitro benzene ring substituents is 1. The number of nitrogens with one attached hydrogen (secondary N) is 1. The highest BCUT2D eigenvalue weighted by molar-refractivity contribution is 7.89. The molecule has 0 spiro atoms. The van der Waals surface area contributed by atoms with Crippen molar-refractivity contribution in [1.82, 2.24) is 4.72 Å². The Labute approximate surface area is 133 Å². The van der Waals surface area contributed by atoms with E-state index in [-0.39, 0.29) is 29.2 Å². The van der Waals surface area contributed by atoms with Crippen LogP contribution in [0.4, 0.5) is 5.69 Å². The maximum Gasteiger partial charge on any atom is 0.303 e. The average molecular weight is 346 g/mol. The predicted molar refractivity (Wildman–Crippen MR) is 80.9 cm³/mol. The van der Waals surface area contributed by atoms with Crippen molar-refractivity contribution in [3.63, 3.8) is 0 Å². The molecule has 0 fully saturated rings. The fourth-order valence-electron chi connectivity index (χ4n) is 1.88. The molecule has 0 heterocycles. The summed E-state index contributed by atoms with van der Waals surface area (Å²) < 4.78 is 32.2. The molecule has 0 aliphatic rings. The quantitative estimate of drug-likeness (QED) is 0.538. The zero-order chi connectivity index (χ0) is 17.8. The maximum absolute atomic E-state index is 12.4. The molecule has 128 valence electrons. The molecular formula is C13H18N2O7S. The van der Waals surface area contributed by atoms with Crippen molar-refractivity contribution in [2.45, 2.75) is 37.1 Å². The first-order chi connectivity index (χ1) is 10.5. The Kier molecular flexibility index (Phi) is 5.67. The molecule has 0 bridgehead atoms. The van der Waals surface area contributed by atoms with Crippen LogP contribution in [0.5, 0.6) is 5.75 Å². The lowest BCUT2D eigenvalue weighted by molar-refractivity contribution is -0.385. The Balaban J connectivity index is 3.13. The number of sulfonamides is 1. The van der Waals surface area contributed by atoms with Gasteiger partial charge in [0.15, 0.2) is 0 Å². The third kappa shape index (κ3) is 5.18. The number of methoxy groups -OCH3 is 1. The van der Waals surface area contributed by atoms with E-state index in [0.717, 1.165) is 18.2 Å². The van der Waals surface area contributed by atoms with Crippen LogP contribution in [0.15, 0.2) is 23.1 Å². The number of hydrogen-bond acceptors (Lipinski definition) is 6. The zero-order valence-corrected chi connectivity index (χ0v) is 13.7. The number of aliphatic carboxylic acids is 1. The minimum Gasteiger partial charge on any atom is -0.495 e. The molecule has 0 aliphatic heterocycles. The second-order valence-corrected chi connectivity index (χ2v) is 7.13. The molecule has 0 atom stereocenters. The van der Waals surface area contributed by atoms with Gasteiger partial charge >= 0.3 is 5.97 Å². The Morgan fingerprint density at radius 3 is 2.52 bits per heavy atom. The summed E-state index contributed by atoms with van der Waals surface area (Å²) in [6.07, 6.45) is -0.121. The Hall–Kier alpha value is -2.20. The number of rotatable bonds is 8. The summed E-state index contributed by atoms with van der Waals surface area (Å²) in [4.78, 5) is 20.4. The van der Waals surface area contributed by atoms with E-state index in [1.807, 2.05) is 0 Å². The monoisotopic (exact) mass is 346 g/mol. The molecule has 1 rings (SSSR count). The summed E-state index contributed by atoms with van der Waals surface area (Å²) in [6, 6.07) is 3.15. The molecule has 1 aromatic carbocycles. The van der Waals surface area contributed by atoms with Crippen LogP contribution in [-0.2, 0) is 14.8 Å². The Morgan fingerprint density at radius 2 is 2.04 bits per heavy atom. The zero-order valence-electron chi connectivity index (χ0n) is 12.9. The second kappa shape index (κ2) is 6.92. The minimum absolute atomic E-state index is 0.0802. The molecule has 10 heteroatoms. The van der Waals surface area contributed by atoms with E-state index in [1.54, 1.807) is 13.8 Å². The number of carbonyl (C=O) groups is 1. The first-order valence-corrected chi connectivity index (χ1v) is 8.05. The number of hydrogen-bond donors (Lipinski definition) is 2. The molecule has 1 aromatic rings. The fourth-order valence-corrected chi connectivity index (χ4v) is 3.47. The second-order valence-electron chi connectivity index (χ2n) is 5.48. The van der Waals surface area contributed by atoms with Crippen molar-refractivity contribution >= 4 is 21.7 Å². The van der Waals surface area contributed by atoms with Crippen molar-refractivity contribution in [2.75, 3.05) is 7.11 Å². The van der Waals surface area contributed by atoms with E-state index < -0.39 is 26.5 Å². The number of nitro groups is 1. The molecule has 23 heavy (non-hydrogen) atoms. The van der Waals surface area contributed by atoms with Crippen molar-refractivity contribution in [3.05, 3.63) is 28.3 Å². The fraction of sp³-hybridized carbons (Fsp3) is 0.462. The Bertz CT molecular complexity index is 713. The summed E-state index contributed by atoms with van der Waals surface area (Å²) in [5, 5.41) is 19.4. The summed E-state index contributed by atoms with van der Waals surface area (Å²) >= 11 is 0. The number of carboxylic acid groups (broad SMARTS) is 1. The van der Waals surface area contributed by atoms with E-state index in [2.05, 4.69) is 4.72 Å². The van der Waals surface area contributed by atoms with Gasteiger partial charge in [0.25, 0.3) is 5.69 Å². The van der Waals surface area contributed by atoms with Crippen molar-refractivity contribution in [2.24, 2.45) is 0 Å². The van der Waals surface area contributed by atoms with Gasteiger partial charge in [-0.15, -0.1) is 0 Å². The van der Waals surface area contributed by atoms with Gasteiger partial charge in [-0.25, -0.2) is 13.1 Å². The highest BCUT2D eigenvalue weighted by Crippen LogP contribution is 2.29. The number of nitrogens with zero attached hydrogens (tertiary/aromatic N) is 1. The van der Waals surface area contributed by atoms with Crippen molar-refractivity contribution < 1.29 is 28.0 Å². The maximum atomic E-state index is 12.4. The largest absolute Gasteiger partial charge is 0.495 e. The third-order valence-electron chi connectivity index (χ3n) is 3.02. The normalized spacial score (nSPS) is 12.0.